The number of carbonyl (C=O) groups is 2. The number of rotatable bonds is 6. The van der Waals surface area contributed by atoms with Crippen LogP contribution in [0.15, 0.2) is 42.5 Å². The van der Waals surface area contributed by atoms with Crippen LogP contribution in [0.5, 0.6) is 0 Å². The Morgan fingerprint density at radius 2 is 1.70 bits per heavy atom. The van der Waals surface area contributed by atoms with Crippen LogP contribution in [0.2, 0.25) is 0 Å². The summed E-state index contributed by atoms with van der Waals surface area (Å²) in [6, 6.07) is 11.2. The number of benzene rings is 2. The zero-order valence-corrected chi connectivity index (χ0v) is 12.3. The molecule has 6 heteroatoms. The van der Waals surface area contributed by atoms with Gasteiger partial charge in [0.25, 0.3) is 5.91 Å². The highest BCUT2D eigenvalue weighted by atomic mass is 16.4. The van der Waals surface area contributed by atoms with Gasteiger partial charge < -0.3 is 20.6 Å². The maximum Gasteiger partial charge on any atom is 0.307 e. The van der Waals surface area contributed by atoms with Crippen LogP contribution in [-0.4, -0.2) is 27.2 Å². The van der Waals surface area contributed by atoms with Crippen molar-refractivity contribution in [2.24, 2.45) is 0 Å². The van der Waals surface area contributed by atoms with Gasteiger partial charge in [0.1, 0.15) is 0 Å². The molecule has 6 nitrogen and oxygen atoms in total. The fraction of sp³-hybridized carbons (Fsp3) is 0.176. The average molecular weight is 315 g/mol. The third kappa shape index (κ3) is 4.38. The topological polar surface area (TPSA) is 107 Å². The second kappa shape index (κ2) is 7.53. The fourth-order valence-electron chi connectivity index (χ4n) is 2.21. The highest BCUT2D eigenvalue weighted by Crippen LogP contribution is 2.17. The van der Waals surface area contributed by atoms with E-state index in [0.717, 1.165) is 0 Å². The molecule has 2 aromatic rings. The van der Waals surface area contributed by atoms with Crippen LogP contribution in [0.1, 0.15) is 27.0 Å². The first kappa shape index (κ1) is 16.7. The van der Waals surface area contributed by atoms with Crippen molar-refractivity contribution < 1.29 is 24.9 Å². The van der Waals surface area contributed by atoms with Crippen LogP contribution >= 0.6 is 0 Å². The summed E-state index contributed by atoms with van der Waals surface area (Å²) >= 11 is 0. The molecule has 0 unspecified atom stereocenters. The Morgan fingerprint density at radius 3 is 2.35 bits per heavy atom. The number of nitrogens with one attached hydrogen (secondary N) is 1. The van der Waals surface area contributed by atoms with E-state index < -0.39 is 5.97 Å². The lowest BCUT2D eigenvalue weighted by Gasteiger charge is -2.10. The van der Waals surface area contributed by atoms with E-state index in [1.807, 2.05) is 0 Å². The summed E-state index contributed by atoms with van der Waals surface area (Å²) < 4.78 is 0. The van der Waals surface area contributed by atoms with E-state index in [9.17, 15) is 14.7 Å². The molecular formula is C17H17NO5. The second-order valence-corrected chi connectivity index (χ2v) is 5.02. The van der Waals surface area contributed by atoms with Gasteiger partial charge in [-0.2, -0.15) is 0 Å². The van der Waals surface area contributed by atoms with Gasteiger partial charge in [0.15, 0.2) is 0 Å². The lowest BCUT2D eigenvalue weighted by Crippen LogP contribution is -2.13. The third-order valence-electron chi connectivity index (χ3n) is 3.35. The lowest BCUT2D eigenvalue weighted by atomic mass is 10.1. The van der Waals surface area contributed by atoms with Gasteiger partial charge in [-0.3, -0.25) is 9.59 Å². The van der Waals surface area contributed by atoms with Gasteiger partial charge in [0, 0.05) is 11.3 Å². The van der Waals surface area contributed by atoms with Crippen LogP contribution in [0.25, 0.3) is 0 Å². The number of anilines is 1. The van der Waals surface area contributed by atoms with Gasteiger partial charge in [0.2, 0.25) is 0 Å². The molecular weight excluding hydrogens is 298 g/mol. The minimum absolute atomic E-state index is 0.152. The van der Waals surface area contributed by atoms with Gasteiger partial charge in [-0.15, -0.1) is 0 Å². The Hall–Kier alpha value is -2.70. The molecule has 0 aliphatic rings. The predicted molar refractivity (Wildman–Crippen MR) is 84.0 cm³/mol. The molecule has 0 bridgehead atoms. The molecule has 0 spiro atoms. The summed E-state index contributed by atoms with van der Waals surface area (Å²) in [5, 5.41) is 29.9. The third-order valence-corrected chi connectivity index (χ3v) is 3.35. The monoisotopic (exact) mass is 315 g/mol. The van der Waals surface area contributed by atoms with Crippen molar-refractivity contribution in [3.05, 3.63) is 64.7 Å². The first-order valence-corrected chi connectivity index (χ1v) is 6.99. The molecule has 0 aliphatic heterocycles. The van der Waals surface area contributed by atoms with Crippen LogP contribution in [0.3, 0.4) is 0 Å². The van der Waals surface area contributed by atoms with Gasteiger partial charge in [0.05, 0.1) is 19.6 Å². The standard InChI is InChI=1S/C17H17NO5/c19-9-13-4-5-15(8-14(13)10-20)18-17(23)12-3-1-2-11(6-12)7-16(21)22/h1-6,8,19-20H,7,9-10H2,(H,18,23)(H,21,22). The number of aliphatic hydroxyl groups is 2. The normalized spacial score (nSPS) is 10.3. The van der Waals surface area contributed by atoms with Crippen molar-refractivity contribution in [3.8, 4) is 0 Å². The molecule has 0 radical (unpaired) electrons. The van der Waals surface area contributed by atoms with E-state index in [-0.39, 0.29) is 25.5 Å². The molecule has 0 aliphatic carbocycles. The van der Waals surface area contributed by atoms with Crippen molar-refractivity contribution in [3.63, 3.8) is 0 Å². The summed E-state index contributed by atoms with van der Waals surface area (Å²) in [5.41, 5.74) is 2.50. The van der Waals surface area contributed by atoms with Crippen LogP contribution in [-0.2, 0) is 24.4 Å². The molecule has 0 saturated heterocycles. The van der Waals surface area contributed by atoms with Gasteiger partial charge in [-0.05, 0) is 41.0 Å². The number of carboxylic acids is 1. The minimum atomic E-state index is -0.963. The average Bonchev–Trinajstić information content (AvgIpc) is 2.54. The molecule has 0 fully saturated rings. The van der Waals surface area contributed by atoms with Crippen LogP contribution < -0.4 is 5.32 Å². The molecule has 2 aromatic carbocycles. The largest absolute Gasteiger partial charge is 0.481 e. The van der Waals surface area contributed by atoms with Crippen molar-refractivity contribution in [2.45, 2.75) is 19.6 Å². The van der Waals surface area contributed by atoms with Gasteiger partial charge in [-0.25, -0.2) is 0 Å². The maximum absolute atomic E-state index is 12.2. The van der Waals surface area contributed by atoms with Gasteiger partial charge >= 0.3 is 5.97 Å². The van der Waals surface area contributed by atoms with E-state index in [2.05, 4.69) is 5.32 Å². The zero-order chi connectivity index (χ0) is 16.8. The summed E-state index contributed by atoms with van der Waals surface area (Å²) in [4.78, 5) is 23.0. The molecule has 0 aromatic heterocycles. The first-order chi connectivity index (χ1) is 11.0. The molecule has 4 N–H and O–H groups in total. The van der Waals surface area contributed by atoms with Crippen molar-refractivity contribution >= 4 is 17.6 Å². The van der Waals surface area contributed by atoms with E-state index in [1.165, 1.54) is 6.07 Å². The molecule has 23 heavy (non-hydrogen) atoms. The Morgan fingerprint density at radius 1 is 0.957 bits per heavy atom. The number of aliphatic carboxylic acids is 1. The Labute approximate surface area is 133 Å². The summed E-state index contributed by atoms with van der Waals surface area (Å²) in [5.74, 6) is -1.34. The predicted octanol–water partition coefficient (Wildman–Crippen LogP) is 1.55. The highest BCUT2D eigenvalue weighted by molar-refractivity contribution is 6.04. The van der Waals surface area contributed by atoms with E-state index in [4.69, 9.17) is 10.2 Å². The Bertz CT molecular complexity index is 727. The van der Waals surface area contributed by atoms with E-state index in [0.29, 0.717) is 27.9 Å². The van der Waals surface area contributed by atoms with E-state index in [1.54, 1.807) is 36.4 Å². The molecule has 2 rings (SSSR count). The summed E-state index contributed by atoms with van der Waals surface area (Å²) in [7, 11) is 0. The molecule has 0 atom stereocenters. The second-order valence-electron chi connectivity index (χ2n) is 5.02. The summed E-state index contributed by atoms with van der Waals surface area (Å²) in [6.45, 7) is -0.435. The number of carboxylic acid groups (broad SMARTS) is 1. The number of amides is 1. The minimum Gasteiger partial charge on any atom is -0.481 e. The number of hydrogen-bond acceptors (Lipinski definition) is 4. The SMILES string of the molecule is O=C(O)Cc1cccc(C(=O)Nc2ccc(CO)c(CO)c2)c1. The quantitative estimate of drug-likeness (QED) is 0.647. The lowest BCUT2D eigenvalue weighted by molar-refractivity contribution is -0.136. The van der Waals surface area contributed by atoms with Crippen LogP contribution in [0.4, 0.5) is 5.69 Å². The Balaban J connectivity index is 2.17. The molecule has 120 valence electrons. The maximum atomic E-state index is 12.2. The van der Waals surface area contributed by atoms with Crippen molar-refractivity contribution in [2.75, 3.05) is 5.32 Å². The highest BCUT2D eigenvalue weighted by Gasteiger charge is 2.10. The fourth-order valence-corrected chi connectivity index (χ4v) is 2.21. The summed E-state index contributed by atoms with van der Waals surface area (Å²) in [6.07, 6.45) is -0.152. The number of aliphatic hydroxyl groups excluding tert-OH is 2. The van der Waals surface area contributed by atoms with Crippen LogP contribution in [0, 0.1) is 0 Å². The smallest absolute Gasteiger partial charge is 0.307 e. The van der Waals surface area contributed by atoms with E-state index >= 15 is 0 Å². The number of carbonyl (C=O) groups excluding carboxylic acids is 1. The number of hydrogen-bond donors (Lipinski definition) is 4. The zero-order valence-electron chi connectivity index (χ0n) is 12.3. The molecule has 0 heterocycles. The first-order valence-electron chi connectivity index (χ1n) is 6.99. The van der Waals surface area contributed by atoms with Gasteiger partial charge in [-0.1, -0.05) is 18.2 Å². The molecule has 1 amide bonds. The van der Waals surface area contributed by atoms with Crippen molar-refractivity contribution in [1.29, 1.82) is 0 Å². The van der Waals surface area contributed by atoms with Crippen molar-refractivity contribution in [1.82, 2.24) is 0 Å². The Kier molecular flexibility index (Phi) is 5.46. The molecule has 0 saturated carbocycles.